The molecule has 0 unspecified atom stereocenters. The van der Waals surface area contributed by atoms with Crippen LogP contribution >= 0.6 is 0 Å². The summed E-state index contributed by atoms with van der Waals surface area (Å²) in [6.45, 7) is 5.84. The van der Waals surface area contributed by atoms with Crippen molar-refractivity contribution in [2.45, 2.75) is 27.4 Å². The number of hydrogen-bond acceptors (Lipinski definition) is 3. The normalized spacial score (nSPS) is 10.8. The van der Waals surface area contributed by atoms with Crippen LogP contribution in [0.3, 0.4) is 0 Å². The van der Waals surface area contributed by atoms with Gasteiger partial charge in [0.25, 0.3) is 0 Å². The number of nitrogens with zero attached hydrogens (tertiary/aromatic N) is 2. The Labute approximate surface area is 101 Å². The van der Waals surface area contributed by atoms with Gasteiger partial charge in [-0.25, -0.2) is 4.68 Å². The Balaban J connectivity index is 2.60. The number of aryl methyl sites for hydroxylation is 3. The van der Waals surface area contributed by atoms with Crippen molar-refractivity contribution < 1.29 is 5.11 Å². The lowest BCUT2D eigenvalue weighted by molar-refractivity contribution is 0.282. The van der Waals surface area contributed by atoms with E-state index >= 15 is 0 Å². The number of aromatic nitrogens is 2. The van der Waals surface area contributed by atoms with Gasteiger partial charge in [0.15, 0.2) is 0 Å². The molecule has 0 fully saturated rings. The summed E-state index contributed by atoms with van der Waals surface area (Å²) in [6, 6.07) is 6.15. The maximum atomic E-state index is 9.24. The van der Waals surface area contributed by atoms with Gasteiger partial charge in [0.1, 0.15) is 5.82 Å². The number of anilines is 1. The molecule has 0 bridgehead atoms. The molecular weight excluding hydrogens is 214 g/mol. The highest BCUT2D eigenvalue weighted by atomic mass is 16.3. The quantitative estimate of drug-likeness (QED) is 0.829. The summed E-state index contributed by atoms with van der Waals surface area (Å²) < 4.78 is 1.68. The summed E-state index contributed by atoms with van der Waals surface area (Å²) in [5.74, 6) is 0.509. The van der Waals surface area contributed by atoms with E-state index < -0.39 is 0 Å². The molecule has 0 aliphatic carbocycles. The minimum Gasteiger partial charge on any atom is -0.391 e. The molecule has 0 aliphatic heterocycles. The molecule has 4 nitrogen and oxygen atoms in total. The van der Waals surface area contributed by atoms with Crippen LogP contribution in [0.4, 0.5) is 5.82 Å². The van der Waals surface area contributed by atoms with Crippen molar-refractivity contribution in [3.05, 3.63) is 40.6 Å². The molecule has 17 heavy (non-hydrogen) atoms. The van der Waals surface area contributed by atoms with Crippen LogP contribution in [-0.2, 0) is 6.61 Å². The third-order valence-corrected chi connectivity index (χ3v) is 2.83. The van der Waals surface area contributed by atoms with Crippen LogP contribution in [0, 0.1) is 20.8 Å². The van der Waals surface area contributed by atoms with Crippen molar-refractivity contribution in [3.8, 4) is 5.69 Å². The maximum Gasteiger partial charge on any atom is 0.133 e. The van der Waals surface area contributed by atoms with Crippen molar-refractivity contribution in [3.63, 3.8) is 0 Å². The Kier molecular flexibility index (Phi) is 2.90. The van der Waals surface area contributed by atoms with Crippen LogP contribution in [0.2, 0.25) is 0 Å². The molecule has 3 N–H and O–H groups in total. The predicted octanol–water partition coefficient (Wildman–Crippen LogP) is 1.87. The number of aliphatic hydroxyl groups excluding tert-OH is 1. The van der Waals surface area contributed by atoms with Gasteiger partial charge in [0.2, 0.25) is 0 Å². The van der Waals surface area contributed by atoms with Gasteiger partial charge < -0.3 is 10.8 Å². The largest absolute Gasteiger partial charge is 0.391 e. The summed E-state index contributed by atoms with van der Waals surface area (Å²) >= 11 is 0. The highest BCUT2D eigenvalue weighted by molar-refractivity contribution is 5.51. The smallest absolute Gasteiger partial charge is 0.133 e. The zero-order chi connectivity index (χ0) is 12.6. The van der Waals surface area contributed by atoms with E-state index in [1.165, 1.54) is 0 Å². The van der Waals surface area contributed by atoms with Gasteiger partial charge in [-0.1, -0.05) is 6.07 Å². The van der Waals surface area contributed by atoms with Gasteiger partial charge in [-0.2, -0.15) is 5.10 Å². The molecule has 0 aliphatic rings. The van der Waals surface area contributed by atoms with E-state index in [1.807, 2.05) is 32.9 Å². The molecule has 1 aromatic carbocycles. The SMILES string of the molecule is Cc1cc(C)cc(-n2nc(C)c(CO)c2N)c1. The van der Waals surface area contributed by atoms with Crippen LogP contribution in [0.25, 0.3) is 5.69 Å². The van der Waals surface area contributed by atoms with Gasteiger partial charge >= 0.3 is 0 Å². The van der Waals surface area contributed by atoms with Crippen LogP contribution in [0.15, 0.2) is 18.2 Å². The lowest BCUT2D eigenvalue weighted by Gasteiger charge is -2.07. The molecule has 2 rings (SSSR count). The van der Waals surface area contributed by atoms with Gasteiger partial charge in [0, 0.05) is 5.56 Å². The molecule has 0 atom stereocenters. The first-order valence-corrected chi connectivity index (χ1v) is 5.56. The molecule has 4 heteroatoms. The van der Waals surface area contributed by atoms with Gasteiger partial charge in [-0.05, 0) is 44.0 Å². The van der Waals surface area contributed by atoms with E-state index in [2.05, 4.69) is 11.2 Å². The Bertz CT molecular complexity index is 538. The average molecular weight is 231 g/mol. The van der Waals surface area contributed by atoms with Crippen molar-refractivity contribution in [1.82, 2.24) is 9.78 Å². The fraction of sp³-hybridized carbons (Fsp3) is 0.308. The van der Waals surface area contributed by atoms with Gasteiger partial charge in [-0.15, -0.1) is 0 Å². The van der Waals surface area contributed by atoms with Crippen LogP contribution in [0.5, 0.6) is 0 Å². The number of rotatable bonds is 2. The molecule has 1 aromatic heterocycles. The predicted molar refractivity (Wildman–Crippen MR) is 68.1 cm³/mol. The first-order valence-electron chi connectivity index (χ1n) is 5.56. The molecule has 0 saturated heterocycles. The Morgan fingerprint density at radius 2 is 1.76 bits per heavy atom. The standard InChI is InChI=1S/C13H17N3O/c1-8-4-9(2)6-11(5-8)16-13(14)12(7-17)10(3)15-16/h4-6,17H,7,14H2,1-3H3. The second-order valence-electron chi connectivity index (χ2n) is 4.37. The molecule has 0 amide bonds. The van der Waals surface area contributed by atoms with Gasteiger partial charge in [-0.3, -0.25) is 0 Å². The van der Waals surface area contributed by atoms with Crippen molar-refractivity contribution in [2.75, 3.05) is 5.73 Å². The van der Waals surface area contributed by atoms with Gasteiger partial charge in [0.05, 0.1) is 18.0 Å². The second kappa shape index (κ2) is 4.22. The summed E-state index contributed by atoms with van der Waals surface area (Å²) in [4.78, 5) is 0. The number of benzene rings is 1. The Morgan fingerprint density at radius 1 is 1.18 bits per heavy atom. The second-order valence-corrected chi connectivity index (χ2v) is 4.37. The lowest BCUT2D eigenvalue weighted by Crippen LogP contribution is -2.03. The highest BCUT2D eigenvalue weighted by Gasteiger charge is 2.12. The number of nitrogens with two attached hydrogens (primary N) is 1. The maximum absolute atomic E-state index is 9.24. The van der Waals surface area contributed by atoms with Crippen LogP contribution in [-0.4, -0.2) is 14.9 Å². The minimum atomic E-state index is -0.0809. The summed E-state index contributed by atoms with van der Waals surface area (Å²) in [5.41, 5.74) is 10.7. The molecule has 0 saturated carbocycles. The number of aliphatic hydroxyl groups is 1. The number of nitrogen functional groups attached to an aromatic ring is 1. The fourth-order valence-electron chi connectivity index (χ4n) is 2.04. The summed E-state index contributed by atoms with van der Waals surface area (Å²) in [6.07, 6.45) is 0. The van der Waals surface area contributed by atoms with E-state index in [-0.39, 0.29) is 6.61 Å². The van der Waals surface area contributed by atoms with E-state index in [1.54, 1.807) is 4.68 Å². The van der Waals surface area contributed by atoms with Crippen molar-refractivity contribution in [1.29, 1.82) is 0 Å². The zero-order valence-corrected chi connectivity index (χ0v) is 10.4. The van der Waals surface area contributed by atoms with E-state index in [0.717, 1.165) is 22.5 Å². The van der Waals surface area contributed by atoms with E-state index in [9.17, 15) is 5.11 Å². The summed E-state index contributed by atoms with van der Waals surface area (Å²) in [7, 11) is 0. The molecule has 2 aromatic rings. The molecule has 1 heterocycles. The summed E-state index contributed by atoms with van der Waals surface area (Å²) in [5, 5.41) is 13.6. The molecule has 0 spiro atoms. The Morgan fingerprint density at radius 3 is 2.24 bits per heavy atom. The number of hydrogen-bond donors (Lipinski definition) is 2. The van der Waals surface area contributed by atoms with Crippen molar-refractivity contribution >= 4 is 5.82 Å². The monoisotopic (exact) mass is 231 g/mol. The van der Waals surface area contributed by atoms with E-state index in [4.69, 9.17) is 5.73 Å². The topological polar surface area (TPSA) is 64.1 Å². The zero-order valence-electron chi connectivity index (χ0n) is 10.4. The van der Waals surface area contributed by atoms with E-state index in [0.29, 0.717) is 11.4 Å². The van der Waals surface area contributed by atoms with Crippen molar-refractivity contribution in [2.24, 2.45) is 0 Å². The Hall–Kier alpha value is -1.81. The third kappa shape index (κ3) is 2.03. The first kappa shape index (κ1) is 11.7. The molecular formula is C13H17N3O. The van der Waals surface area contributed by atoms with Crippen LogP contribution in [0.1, 0.15) is 22.4 Å². The molecule has 0 radical (unpaired) electrons. The lowest BCUT2D eigenvalue weighted by atomic mass is 10.1. The molecule has 90 valence electrons. The van der Waals surface area contributed by atoms with Crippen LogP contribution < -0.4 is 5.73 Å². The highest BCUT2D eigenvalue weighted by Crippen LogP contribution is 2.22. The first-order chi connectivity index (χ1) is 8.02. The third-order valence-electron chi connectivity index (χ3n) is 2.83. The average Bonchev–Trinajstić information content (AvgIpc) is 2.52. The minimum absolute atomic E-state index is 0.0809. The fourth-order valence-corrected chi connectivity index (χ4v) is 2.04.